The Kier molecular flexibility index (Phi) is 5.44. The molecule has 0 bridgehead atoms. The second-order valence-electron chi connectivity index (χ2n) is 3.89. The highest BCUT2D eigenvalue weighted by Gasteiger charge is 2.30. The van der Waals surface area contributed by atoms with Crippen LogP contribution in [0.5, 0.6) is 0 Å². The fraction of sp³-hybridized carbons (Fsp3) is 0.500. The van der Waals surface area contributed by atoms with Crippen molar-refractivity contribution in [2.75, 3.05) is 19.7 Å². The van der Waals surface area contributed by atoms with Gasteiger partial charge in [-0.05, 0) is 12.0 Å². The molecular formula is C12H16F3NO. The zero-order valence-corrected chi connectivity index (χ0v) is 9.45. The van der Waals surface area contributed by atoms with E-state index in [9.17, 15) is 13.2 Å². The Morgan fingerprint density at radius 1 is 1.12 bits per heavy atom. The second kappa shape index (κ2) is 6.61. The Morgan fingerprint density at radius 2 is 1.76 bits per heavy atom. The van der Waals surface area contributed by atoms with Crippen LogP contribution in [0.1, 0.15) is 12.0 Å². The molecule has 0 heterocycles. The number of aliphatic hydroxyl groups excluding tert-OH is 1. The molecule has 0 aliphatic heterocycles. The van der Waals surface area contributed by atoms with E-state index in [-0.39, 0.29) is 19.7 Å². The van der Waals surface area contributed by atoms with Gasteiger partial charge in [-0.1, -0.05) is 30.3 Å². The molecule has 0 aromatic heterocycles. The summed E-state index contributed by atoms with van der Waals surface area (Å²) in [6.45, 7) is -0.545. The zero-order chi connectivity index (χ0) is 12.7. The number of rotatable bonds is 6. The van der Waals surface area contributed by atoms with Gasteiger partial charge in [0, 0.05) is 19.7 Å². The largest absolute Gasteiger partial charge is 0.401 e. The normalized spacial score (nSPS) is 12.1. The lowest BCUT2D eigenvalue weighted by atomic mass is 10.2. The van der Waals surface area contributed by atoms with Crippen LogP contribution in [0.3, 0.4) is 0 Å². The van der Waals surface area contributed by atoms with E-state index in [1.807, 2.05) is 6.07 Å². The van der Waals surface area contributed by atoms with Crippen molar-refractivity contribution in [2.45, 2.75) is 19.1 Å². The molecule has 0 aliphatic carbocycles. The van der Waals surface area contributed by atoms with E-state index in [1.54, 1.807) is 24.3 Å². The first-order chi connectivity index (χ1) is 8.01. The maximum absolute atomic E-state index is 12.3. The van der Waals surface area contributed by atoms with Crippen LogP contribution >= 0.6 is 0 Å². The Labute approximate surface area is 98.7 Å². The molecule has 1 aromatic rings. The number of alkyl halides is 3. The zero-order valence-electron chi connectivity index (χ0n) is 9.45. The predicted octanol–water partition coefficient (Wildman–Crippen LogP) is 2.43. The molecule has 0 amide bonds. The van der Waals surface area contributed by atoms with E-state index >= 15 is 0 Å². The van der Waals surface area contributed by atoms with E-state index in [2.05, 4.69) is 0 Å². The van der Waals surface area contributed by atoms with Crippen molar-refractivity contribution in [3.63, 3.8) is 0 Å². The molecular weight excluding hydrogens is 231 g/mol. The first-order valence-corrected chi connectivity index (χ1v) is 5.45. The first kappa shape index (κ1) is 14.0. The molecule has 2 nitrogen and oxygen atoms in total. The lowest BCUT2D eigenvalue weighted by Gasteiger charge is -2.23. The summed E-state index contributed by atoms with van der Waals surface area (Å²) in [5.41, 5.74) is 0.842. The number of nitrogens with zero attached hydrogens (tertiary/aromatic N) is 1. The summed E-state index contributed by atoms with van der Waals surface area (Å²) in [7, 11) is 0. The Morgan fingerprint density at radius 3 is 2.29 bits per heavy atom. The van der Waals surface area contributed by atoms with Crippen molar-refractivity contribution in [1.82, 2.24) is 4.90 Å². The van der Waals surface area contributed by atoms with Crippen LogP contribution in [-0.4, -0.2) is 35.9 Å². The fourth-order valence-electron chi connectivity index (χ4n) is 1.60. The molecule has 0 atom stereocenters. The van der Waals surface area contributed by atoms with Crippen molar-refractivity contribution in [3.05, 3.63) is 35.9 Å². The molecule has 0 radical (unpaired) electrons. The summed E-state index contributed by atoms with van der Waals surface area (Å²) in [6, 6.07) is 9.01. The Hall–Kier alpha value is -1.07. The molecule has 0 saturated heterocycles. The Balaban J connectivity index is 2.57. The maximum Gasteiger partial charge on any atom is 0.401 e. The number of halogens is 3. The summed E-state index contributed by atoms with van der Waals surface area (Å²) in [5.74, 6) is 0. The van der Waals surface area contributed by atoms with Gasteiger partial charge in [-0.15, -0.1) is 0 Å². The summed E-state index contributed by atoms with van der Waals surface area (Å²) < 4.78 is 37.0. The predicted molar refractivity (Wildman–Crippen MR) is 59.5 cm³/mol. The molecule has 0 spiro atoms. The summed E-state index contributed by atoms with van der Waals surface area (Å²) in [4.78, 5) is 1.30. The minimum Gasteiger partial charge on any atom is -0.396 e. The third-order valence-corrected chi connectivity index (χ3v) is 2.28. The average Bonchev–Trinajstić information content (AvgIpc) is 2.25. The van der Waals surface area contributed by atoms with E-state index in [0.717, 1.165) is 5.56 Å². The van der Waals surface area contributed by atoms with Crippen LogP contribution in [0, 0.1) is 0 Å². The van der Waals surface area contributed by atoms with Gasteiger partial charge in [0.2, 0.25) is 0 Å². The smallest absolute Gasteiger partial charge is 0.396 e. The minimum atomic E-state index is -4.20. The number of benzene rings is 1. The second-order valence-corrected chi connectivity index (χ2v) is 3.89. The van der Waals surface area contributed by atoms with Crippen LogP contribution in [0.25, 0.3) is 0 Å². The topological polar surface area (TPSA) is 23.5 Å². The highest BCUT2D eigenvalue weighted by atomic mass is 19.4. The van der Waals surface area contributed by atoms with Crippen molar-refractivity contribution >= 4 is 0 Å². The molecule has 0 saturated carbocycles. The number of hydrogen-bond donors (Lipinski definition) is 1. The van der Waals surface area contributed by atoms with Gasteiger partial charge in [-0.3, -0.25) is 4.90 Å². The summed E-state index contributed by atoms with van der Waals surface area (Å²) >= 11 is 0. The highest BCUT2D eigenvalue weighted by molar-refractivity contribution is 5.14. The first-order valence-electron chi connectivity index (χ1n) is 5.45. The molecule has 17 heavy (non-hydrogen) atoms. The van der Waals surface area contributed by atoms with Crippen LogP contribution in [0.2, 0.25) is 0 Å². The van der Waals surface area contributed by atoms with E-state index in [1.165, 1.54) is 4.90 Å². The molecule has 0 unspecified atom stereocenters. The molecule has 1 N–H and O–H groups in total. The van der Waals surface area contributed by atoms with Gasteiger partial charge in [0.05, 0.1) is 6.54 Å². The van der Waals surface area contributed by atoms with Gasteiger partial charge < -0.3 is 5.11 Å². The standard InChI is InChI=1S/C12H16F3NO/c13-12(14,15)10-16(7-4-8-17)9-11-5-2-1-3-6-11/h1-3,5-6,17H,4,7-10H2. The van der Waals surface area contributed by atoms with Crippen LogP contribution in [0.15, 0.2) is 30.3 Å². The fourth-order valence-corrected chi connectivity index (χ4v) is 1.60. The minimum absolute atomic E-state index is 0.0941. The summed E-state index contributed by atoms with van der Waals surface area (Å²) in [6.07, 6.45) is -3.85. The molecule has 0 aliphatic rings. The van der Waals surface area contributed by atoms with Gasteiger partial charge >= 0.3 is 6.18 Å². The quantitative estimate of drug-likeness (QED) is 0.834. The van der Waals surface area contributed by atoms with Gasteiger partial charge in [0.1, 0.15) is 0 Å². The van der Waals surface area contributed by atoms with Crippen molar-refractivity contribution < 1.29 is 18.3 Å². The van der Waals surface area contributed by atoms with Crippen LogP contribution in [-0.2, 0) is 6.54 Å². The molecule has 0 fully saturated rings. The van der Waals surface area contributed by atoms with Gasteiger partial charge in [0.25, 0.3) is 0 Å². The SMILES string of the molecule is OCCCN(Cc1ccccc1)CC(F)(F)F. The van der Waals surface area contributed by atoms with E-state index in [4.69, 9.17) is 5.11 Å². The van der Waals surface area contributed by atoms with E-state index < -0.39 is 12.7 Å². The van der Waals surface area contributed by atoms with E-state index in [0.29, 0.717) is 6.42 Å². The number of hydrogen-bond acceptors (Lipinski definition) is 2. The summed E-state index contributed by atoms with van der Waals surface area (Å²) in [5, 5.41) is 8.67. The molecule has 1 aromatic carbocycles. The van der Waals surface area contributed by atoms with Gasteiger partial charge in [-0.2, -0.15) is 13.2 Å². The third-order valence-electron chi connectivity index (χ3n) is 2.28. The molecule has 96 valence electrons. The van der Waals surface area contributed by atoms with Crippen molar-refractivity contribution in [3.8, 4) is 0 Å². The van der Waals surface area contributed by atoms with Crippen molar-refractivity contribution in [1.29, 1.82) is 0 Å². The maximum atomic E-state index is 12.3. The van der Waals surface area contributed by atoms with Crippen LogP contribution < -0.4 is 0 Å². The number of aliphatic hydroxyl groups is 1. The average molecular weight is 247 g/mol. The van der Waals surface area contributed by atoms with Crippen molar-refractivity contribution in [2.24, 2.45) is 0 Å². The monoisotopic (exact) mass is 247 g/mol. The Bertz CT molecular complexity index is 313. The van der Waals surface area contributed by atoms with Crippen LogP contribution in [0.4, 0.5) is 13.2 Å². The lowest BCUT2D eigenvalue weighted by molar-refractivity contribution is -0.147. The van der Waals surface area contributed by atoms with Gasteiger partial charge in [0.15, 0.2) is 0 Å². The highest BCUT2D eigenvalue weighted by Crippen LogP contribution is 2.18. The third kappa shape index (κ3) is 6.28. The molecule has 1 rings (SSSR count). The lowest BCUT2D eigenvalue weighted by Crippen LogP contribution is -2.34. The van der Waals surface area contributed by atoms with Gasteiger partial charge in [-0.25, -0.2) is 0 Å². The molecule has 5 heteroatoms.